The molecule has 0 radical (unpaired) electrons. The van der Waals surface area contributed by atoms with Crippen LogP contribution in [0.25, 0.3) is 0 Å². The number of allylic oxidation sites excluding steroid dienone is 3. The van der Waals surface area contributed by atoms with Crippen molar-refractivity contribution in [2.24, 2.45) is 0 Å². The minimum absolute atomic E-state index is 0.277. The fourth-order valence-electron chi connectivity index (χ4n) is 1.04. The third-order valence-corrected chi connectivity index (χ3v) is 1.78. The Bertz CT molecular complexity index is 449. The maximum Gasteiger partial charge on any atom is 0.417 e. The Hall–Kier alpha value is -2.36. The molecule has 0 aliphatic carbocycles. The molecular weight excluding hydrogens is 221 g/mol. The maximum atomic E-state index is 12.6. The van der Waals surface area contributed by atoms with Gasteiger partial charge < -0.3 is 4.74 Å². The zero-order valence-electron chi connectivity index (χ0n) is 9.15. The van der Waals surface area contributed by atoms with Crippen molar-refractivity contribution in [1.82, 2.24) is 0 Å². The predicted molar refractivity (Wildman–Crippen MR) is 65.0 cm³/mol. The molecule has 1 N–H and O–H groups in total. The van der Waals surface area contributed by atoms with Gasteiger partial charge in [0.1, 0.15) is 11.6 Å². The number of nitrogens with one attached hydrogen (secondary N) is 1. The van der Waals surface area contributed by atoms with Gasteiger partial charge in [-0.05, 0) is 36.4 Å². The molecule has 0 fully saturated rings. The molecule has 0 saturated carbocycles. The second kappa shape index (κ2) is 6.27. The van der Waals surface area contributed by atoms with Gasteiger partial charge in [0, 0.05) is 5.69 Å². The van der Waals surface area contributed by atoms with E-state index >= 15 is 0 Å². The van der Waals surface area contributed by atoms with Crippen molar-refractivity contribution in [3.63, 3.8) is 0 Å². The monoisotopic (exact) mass is 233 g/mol. The van der Waals surface area contributed by atoms with Crippen LogP contribution in [-0.2, 0) is 4.74 Å². The van der Waals surface area contributed by atoms with Crippen LogP contribution in [0.4, 0.5) is 14.9 Å². The van der Waals surface area contributed by atoms with Crippen LogP contribution in [0.1, 0.15) is 0 Å². The second-order valence-corrected chi connectivity index (χ2v) is 3.03. The van der Waals surface area contributed by atoms with Crippen LogP contribution in [0.5, 0.6) is 0 Å². The summed E-state index contributed by atoms with van der Waals surface area (Å²) >= 11 is 0. The minimum Gasteiger partial charge on any atom is -0.410 e. The summed E-state index contributed by atoms with van der Waals surface area (Å²) in [5.74, 6) is -0.0955. The normalized spacial score (nSPS) is 10.5. The lowest BCUT2D eigenvalue weighted by molar-refractivity contribution is 0.195. The van der Waals surface area contributed by atoms with Crippen LogP contribution in [-0.4, -0.2) is 6.09 Å². The van der Waals surface area contributed by atoms with Crippen LogP contribution in [0.3, 0.4) is 0 Å². The lowest BCUT2D eigenvalue weighted by atomic mass is 10.3. The second-order valence-electron chi connectivity index (χ2n) is 3.03. The summed E-state index contributed by atoms with van der Waals surface area (Å²) in [5.41, 5.74) is 0.443. The fourth-order valence-corrected chi connectivity index (χ4v) is 1.04. The van der Waals surface area contributed by atoms with E-state index in [0.29, 0.717) is 5.69 Å². The Morgan fingerprint density at radius 3 is 2.47 bits per heavy atom. The Morgan fingerprint density at radius 1 is 1.29 bits per heavy atom. The Morgan fingerprint density at radius 2 is 1.94 bits per heavy atom. The van der Waals surface area contributed by atoms with E-state index < -0.39 is 6.09 Å². The van der Waals surface area contributed by atoms with Gasteiger partial charge in [-0.1, -0.05) is 19.2 Å². The lowest BCUT2D eigenvalue weighted by Gasteiger charge is -2.06. The number of halogens is 1. The summed E-state index contributed by atoms with van der Waals surface area (Å²) < 4.78 is 17.5. The van der Waals surface area contributed by atoms with Gasteiger partial charge in [-0.3, -0.25) is 5.32 Å². The number of anilines is 1. The Kier molecular flexibility index (Phi) is 4.69. The summed E-state index contributed by atoms with van der Waals surface area (Å²) in [6.45, 7) is 6.95. The highest BCUT2D eigenvalue weighted by Gasteiger charge is 2.04. The average molecular weight is 233 g/mol. The van der Waals surface area contributed by atoms with Gasteiger partial charge in [0.2, 0.25) is 0 Å². The number of benzene rings is 1. The zero-order valence-corrected chi connectivity index (χ0v) is 9.15. The van der Waals surface area contributed by atoms with Crippen molar-refractivity contribution in [2.75, 3.05) is 5.32 Å². The quantitative estimate of drug-likeness (QED) is 0.637. The van der Waals surface area contributed by atoms with E-state index in [4.69, 9.17) is 4.74 Å². The molecule has 4 heteroatoms. The van der Waals surface area contributed by atoms with Crippen molar-refractivity contribution < 1.29 is 13.9 Å². The van der Waals surface area contributed by atoms with Crippen molar-refractivity contribution in [1.29, 1.82) is 0 Å². The van der Waals surface area contributed by atoms with E-state index in [1.165, 1.54) is 42.5 Å². The first kappa shape index (κ1) is 12.7. The highest BCUT2D eigenvalue weighted by atomic mass is 19.1. The van der Waals surface area contributed by atoms with Crippen molar-refractivity contribution in [3.8, 4) is 0 Å². The van der Waals surface area contributed by atoms with Crippen LogP contribution >= 0.6 is 0 Å². The lowest BCUT2D eigenvalue weighted by Crippen LogP contribution is -2.12. The molecule has 3 nitrogen and oxygen atoms in total. The third kappa shape index (κ3) is 4.34. The Balaban J connectivity index is 2.60. The fraction of sp³-hybridized carbons (Fsp3) is 0. The number of carbonyl (C=O) groups is 1. The number of amides is 1. The number of hydrogen-bond donors (Lipinski definition) is 1. The standard InChI is InChI=1S/C13H12FNO2/c1-3-5-12(4-2)17-13(16)15-11-8-6-10(14)7-9-11/h3-9H,1-2H2,(H,15,16)/b12-5+. The van der Waals surface area contributed by atoms with E-state index in [2.05, 4.69) is 18.5 Å². The predicted octanol–water partition coefficient (Wildman–Crippen LogP) is 3.63. The number of ether oxygens (including phenoxy) is 1. The van der Waals surface area contributed by atoms with Gasteiger partial charge in [-0.2, -0.15) is 0 Å². The topological polar surface area (TPSA) is 38.3 Å². The molecule has 0 unspecified atom stereocenters. The molecule has 1 aromatic rings. The molecule has 0 saturated heterocycles. The highest BCUT2D eigenvalue weighted by Crippen LogP contribution is 2.09. The first-order chi connectivity index (χ1) is 8.15. The van der Waals surface area contributed by atoms with Crippen LogP contribution < -0.4 is 5.32 Å². The van der Waals surface area contributed by atoms with Gasteiger partial charge in [-0.25, -0.2) is 9.18 Å². The molecule has 1 rings (SSSR count). The SMILES string of the molecule is C=C/C=C(\C=C)OC(=O)Nc1ccc(F)cc1. The van der Waals surface area contributed by atoms with Crippen LogP contribution in [0.2, 0.25) is 0 Å². The highest BCUT2D eigenvalue weighted by molar-refractivity contribution is 5.85. The molecule has 0 aliphatic rings. The maximum absolute atomic E-state index is 12.6. The third-order valence-electron chi connectivity index (χ3n) is 1.78. The molecular formula is C13H12FNO2. The molecule has 1 amide bonds. The first-order valence-corrected chi connectivity index (χ1v) is 4.85. The number of rotatable bonds is 4. The molecule has 1 aromatic carbocycles. The summed E-state index contributed by atoms with van der Waals surface area (Å²) in [6, 6.07) is 5.34. The first-order valence-electron chi connectivity index (χ1n) is 4.85. The van der Waals surface area contributed by atoms with Crippen LogP contribution in [0.15, 0.2) is 61.4 Å². The number of carbonyl (C=O) groups excluding carboxylic acids is 1. The summed E-state index contributed by atoms with van der Waals surface area (Å²) in [4.78, 5) is 11.4. The largest absolute Gasteiger partial charge is 0.417 e. The van der Waals surface area contributed by atoms with E-state index in [1.54, 1.807) is 0 Å². The van der Waals surface area contributed by atoms with Gasteiger partial charge in [0.25, 0.3) is 0 Å². The summed E-state index contributed by atoms with van der Waals surface area (Å²) in [5, 5.41) is 2.44. The van der Waals surface area contributed by atoms with E-state index in [9.17, 15) is 9.18 Å². The summed E-state index contributed by atoms with van der Waals surface area (Å²) in [7, 11) is 0. The van der Waals surface area contributed by atoms with Crippen molar-refractivity contribution in [3.05, 3.63) is 67.2 Å². The molecule has 88 valence electrons. The van der Waals surface area contributed by atoms with E-state index in [1.807, 2.05) is 0 Å². The van der Waals surface area contributed by atoms with Crippen molar-refractivity contribution in [2.45, 2.75) is 0 Å². The molecule has 0 bridgehead atoms. The molecule has 0 atom stereocenters. The van der Waals surface area contributed by atoms with Crippen molar-refractivity contribution >= 4 is 11.8 Å². The number of hydrogen-bond acceptors (Lipinski definition) is 2. The van der Waals surface area contributed by atoms with Gasteiger partial charge in [0.15, 0.2) is 0 Å². The van der Waals surface area contributed by atoms with Gasteiger partial charge >= 0.3 is 6.09 Å². The zero-order chi connectivity index (χ0) is 12.7. The molecule has 0 aliphatic heterocycles. The minimum atomic E-state index is -0.676. The van der Waals surface area contributed by atoms with E-state index in [0.717, 1.165) is 0 Å². The van der Waals surface area contributed by atoms with Gasteiger partial charge in [-0.15, -0.1) is 0 Å². The molecule has 0 aromatic heterocycles. The van der Waals surface area contributed by atoms with Crippen LogP contribution in [0, 0.1) is 5.82 Å². The Labute approximate surface area is 98.9 Å². The molecule has 0 heterocycles. The summed E-state index contributed by atoms with van der Waals surface area (Å²) in [6.07, 6.45) is 3.68. The average Bonchev–Trinajstić information content (AvgIpc) is 2.31. The van der Waals surface area contributed by atoms with Gasteiger partial charge in [0.05, 0.1) is 0 Å². The molecule has 0 spiro atoms. The molecule has 17 heavy (non-hydrogen) atoms. The van der Waals surface area contributed by atoms with E-state index in [-0.39, 0.29) is 11.6 Å². The smallest absolute Gasteiger partial charge is 0.410 e.